The zero-order valence-electron chi connectivity index (χ0n) is 9.20. The van der Waals surface area contributed by atoms with Gasteiger partial charge in [0.05, 0.1) is 0 Å². The monoisotopic (exact) mass is 216 g/mol. The van der Waals surface area contributed by atoms with E-state index >= 15 is 0 Å². The first-order valence-corrected chi connectivity index (χ1v) is 5.12. The number of halogens is 3. The smallest absolute Gasteiger partial charge is 0.165 e. The van der Waals surface area contributed by atoms with E-state index in [2.05, 4.69) is 0 Å². The Morgan fingerprint density at radius 2 is 1.73 bits per heavy atom. The lowest BCUT2D eigenvalue weighted by molar-refractivity contribution is 0.460. The molecule has 0 spiro atoms. The summed E-state index contributed by atoms with van der Waals surface area (Å²) in [5.41, 5.74) is -0.0443. The predicted molar refractivity (Wildman–Crippen MR) is 54.2 cm³/mol. The zero-order valence-corrected chi connectivity index (χ0v) is 9.20. The minimum atomic E-state index is -1.03. The summed E-state index contributed by atoms with van der Waals surface area (Å²) in [5, 5.41) is 0. The molecule has 0 heterocycles. The molecule has 0 aromatic heterocycles. The molecule has 15 heavy (non-hydrogen) atoms. The van der Waals surface area contributed by atoms with Crippen LogP contribution in [0.1, 0.15) is 31.9 Å². The molecule has 0 saturated carbocycles. The molecule has 0 fully saturated rings. The van der Waals surface area contributed by atoms with E-state index in [0.29, 0.717) is 6.42 Å². The molecule has 0 aliphatic rings. The molecule has 1 aromatic carbocycles. The summed E-state index contributed by atoms with van der Waals surface area (Å²) >= 11 is 0. The van der Waals surface area contributed by atoms with Gasteiger partial charge in [0.2, 0.25) is 0 Å². The van der Waals surface area contributed by atoms with E-state index < -0.39 is 17.5 Å². The second kappa shape index (κ2) is 4.69. The van der Waals surface area contributed by atoms with Gasteiger partial charge in [-0.3, -0.25) is 0 Å². The zero-order chi connectivity index (χ0) is 11.6. The van der Waals surface area contributed by atoms with Gasteiger partial charge in [-0.2, -0.15) is 0 Å². The Labute approximate surface area is 88.1 Å². The maximum atomic E-state index is 13.5. The van der Waals surface area contributed by atoms with E-state index in [0.717, 1.165) is 6.07 Å². The Morgan fingerprint density at radius 3 is 2.20 bits per heavy atom. The molecule has 1 aromatic rings. The van der Waals surface area contributed by atoms with Crippen molar-refractivity contribution in [1.29, 1.82) is 0 Å². The Balaban J connectivity index is 3.23. The van der Waals surface area contributed by atoms with Gasteiger partial charge in [-0.05, 0) is 30.4 Å². The molecule has 0 atom stereocenters. The van der Waals surface area contributed by atoms with Crippen molar-refractivity contribution >= 4 is 0 Å². The maximum absolute atomic E-state index is 13.5. The number of aryl methyl sites for hydroxylation is 1. The molecule has 0 saturated heterocycles. The highest BCUT2D eigenvalue weighted by Gasteiger charge is 2.18. The lowest BCUT2D eigenvalue weighted by atomic mass is 9.99. The van der Waals surface area contributed by atoms with Gasteiger partial charge in [0.25, 0.3) is 0 Å². The molecule has 3 heteroatoms. The summed E-state index contributed by atoms with van der Waals surface area (Å²) in [6.07, 6.45) is 0.514. The Hall–Kier alpha value is -0.990. The van der Waals surface area contributed by atoms with Crippen LogP contribution in [0.25, 0.3) is 0 Å². The standard InChI is InChI=1S/C12H15F3/c1-4-8-6-10(13)9(5-7(2)3)12(15)11(8)14/h6-7H,4-5H2,1-3H3. The minimum Gasteiger partial charge on any atom is -0.207 e. The third-order valence-electron chi connectivity index (χ3n) is 2.32. The largest absolute Gasteiger partial charge is 0.207 e. The highest BCUT2D eigenvalue weighted by molar-refractivity contribution is 5.28. The molecule has 0 aliphatic carbocycles. The molecule has 0 radical (unpaired) electrons. The van der Waals surface area contributed by atoms with E-state index in [1.807, 2.05) is 13.8 Å². The topological polar surface area (TPSA) is 0 Å². The average Bonchev–Trinajstić information content (AvgIpc) is 2.18. The van der Waals surface area contributed by atoms with Crippen molar-refractivity contribution in [3.63, 3.8) is 0 Å². The number of rotatable bonds is 3. The van der Waals surface area contributed by atoms with E-state index in [-0.39, 0.29) is 23.5 Å². The lowest BCUT2D eigenvalue weighted by Crippen LogP contribution is -2.06. The fraction of sp³-hybridized carbons (Fsp3) is 0.500. The van der Waals surface area contributed by atoms with Crippen molar-refractivity contribution in [2.45, 2.75) is 33.6 Å². The Kier molecular flexibility index (Phi) is 3.77. The van der Waals surface area contributed by atoms with E-state index in [1.54, 1.807) is 6.92 Å². The van der Waals surface area contributed by atoms with E-state index in [9.17, 15) is 13.2 Å². The fourth-order valence-electron chi connectivity index (χ4n) is 1.53. The molecule has 0 nitrogen and oxygen atoms in total. The van der Waals surface area contributed by atoms with Gasteiger partial charge < -0.3 is 0 Å². The van der Waals surface area contributed by atoms with Crippen LogP contribution in [-0.2, 0) is 12.8 Å². The second-order valence-corrected chi connectivity index (χ2v) is 4.08. The molecule has 1 rings (SSSR count). The van der Waals surface area contributed by atoms with Crippen molar-refractivity contribution in [3.8, 4) is 0 Å². The van der Waals surface area contributed by atoms with Gasteiger partial charge in [-0.15, -0.1) is 0 Å². The molecule has 0 unspecified atom stereocenters. The fourth-order valence-corrected chi connectivity index (χ4v) is 1.53. The van der Waals surface area contributed by atoms with Gasteiger partial charge in [-0.25, -0.2) is 13.2 Å². The summed E-state index contributed by atoms with van der Waals surface area (Å²) in [5.74, 6) is -2.48. The summed E-state index contributed by atoms with van der Waals surface area (Å²) in [6.45, 7) is 5.34. The molecule has 0 amide bonds. The molecule has 0 N–H and O–H groups in total. The molecular formula is C12H15F3. The summed E-state index contributed by atoms with van der Waals surface area (Å²) < 4.78 is 40.2. The third-order valence-corrected chi connectivity index (χ3v) is 2.32. The van der Waals surface area contributed by atoms with Crippen molar-refractivity contribution in [1.82, 2.24) is 0 Å². The van der Waals surface area contributed by atoms with Crippen LogP contribution in [0.4, 0.5) is 13.2 Å². The number of hydrogen-bond donors (Lipinski definition) is 0. The Morgan fingerprint density at radius 1 is 1.13 bits per heavy atom. The Bertz CT molecular complexity index is 356. The number of benzene rings is 1. The van der Waals surface area contributed by atoms with Crippen LogP contribution in [-0.4, -0.2) is 0 Å². The summed E-state index contributed by atoms with van der Waals surface area (Å²) in [7, 11) is 0. The van der Waals surface area contributed by atoms with Crippen LogP contribution >= 0.6 is 0 Å². The maximum Gasteiger partial charge on any atom is 0.165 e. The van der Waals surface area contributed by atoms with Crippen LogP contribution < -0.4 is 0 Å². The lowest BCUT2D eigenvalue weighted by Gasteiger charge is -2.10. The highest BCUT2D eigenvalue weighted by Crippen LogP contribution is 2.22. The van der Waals surface area contributed by atoms with Gasteiger partial charge in [0, 0.05) is 5.56 Å². The molecule has 84 valence electrons. The van der Waals surface area contributed by atoms with E-state index in [4.69, 9.17) is 0 Å². The molecular weight excluding hydrogens is 201 g/mol. The minimum absolute atomic E-state index is 0.0949. The van der Waals surface area contributed by atoms with Crippen molar-refractivity contribution in [3.05, 3.63) is 34.6 Å². The van der Waals surface area contributed by atoms with Gasteiger partial charge in [0.15, 0.2) is 11.6 Å². The van der Waals surface area contributed by atoms with Gasteiger partial charge in [0.1, 0.15) is 5.82 Å². The van der Waals surface area contributed by atoms with E-state index in [1.165, 1.54) is 0 Å². The summed E-state index contributed by atoms with van der Waals surface area (Å²) in [6, 6.07) is 1.09. The van der Waals surface area contributed by atoms with Crippen molar-refractivity contribution in [2.75, 3.05) is 0 Å². The average molecular weight is 216 g/mol. The molecule has 0 aliphatic heterocycles. The highest BCUT2D eigenvalue weighted by atomic mass is 19.2. The van der Waals surface area contributed by atoms with Gasteiger partial charge >= 0.3 is 0 Å². The SMILES string of the molecule is CCc1cc(F)c(CC(C)C)c(F)c1F. The van der Waals surface area contributed by atoms with Crippen LogP contribution in [0.3, 0.4) is 0 Å². The van der Waals surface area contributed by atoms with Crippen molar-refractivity contribution in [2.24, 2.45) is 5.92 Å². The predicted octanol–water partition coefficient (Wildman–Crippen LogP) is 3.86. The van der Waals surface area contributed by atoms with Crippen LogP contribution in [0.5, 0.6) is 0 Å². The van der Waals surface area contributed by atoms with Gasteiger partial charge in [-0.1, -0.05) is 20.8 Å². The first-order valence-electron chi connectivity index (χ1n) is 5.12. The molecule has 0 bridgehead atoms. The first-order chi connectivity index (χ1) is 6.97. The van der Waals surface area contributed by atoms with Crippen LogP contribution in [0.2, 0.25) is 0 Å². The van der Waals surface area contributed by atoms with Crippen LogP contribution in [0.15, 0.2) is 6.07 Å². The quantitative estimate of drug-likeness (QED) is 0.673. The third kappa shape index (κ3) is 2.52. The van der Waals surface area contributed by atoms with Crippen LogP contribution in [0, 0.1) is 23.4 Å². The summed E-state index contributed by atoms with van der Waals surface area (Å²) in [4.78, 5) is 0. The van der Waals surface area contributed by atoms with Crippen molar-refractivity contribution < 1.29 is 13.2 Å². The number of hydrogen-bond acceptors (Lipinski definition) is 0. The first kappa shape index (κ1) is 12.1. The second-order valence-electron chi connectivity index (χ2n) is 4.08. The normalized spacial score (nSPS) is 11.1.